The van der Waals surface area contributed by atoms with Gasteiger partial charge in [-0.2, -0.15) is 0 Å². The van der Waals surface area contributed by atoms with Crippen LogP contribution < -0.4 is 16.0 Å². The number of nitrogens with zero attached hydrogens (tertiary/aromatic N) is 1. The summed E-state index contributed by atoms with van der Waals surface area (Å²) in [5.74, 6) is -0.230. The second-order valence-electron chi connectivity index (χ2n) is 5.95. The number of carbonyl (C=O) groups excluding carboxylic acids is 2. The zero-order chi connectivity index (χ0) is 19.1. The third-order valence-corrected chi connectivity index (χ3v) is 3.80. The van der Waals surface area contributed by atoms with Gasteiger partial charge >= 0.3 is 0 Å². The van der Waals surface area contributed by atoms with Crippen molar-refractivity contribution < 1.29 is 14.1 Å². The predicted octanol–water partition coefficient (Wildman–Crippen LogP) is 2.96. The van der Waals surface area contributed by atoms with Crippen LogP contribution in [0.25, 0.3) is 0 Å². The molecule has 27 heavy (non-hydrogen) atoms. The Morgan fingerprint density at radius 2 is 1.78 bits per heavy atom. The van der Waals surface area contributed by atoms with Gasteiger partial charge in [-0.05, 0) is 24.6 Å². The molecule has 3 rings (SSSR count). The van der Waals surface area contributed by atoms with E-state index in [0.29, 0.717) is 23.5 Å². The second-order valence-corrected chi connectivity index (χ2v) is 5.95. The molecule has 0 aliphatic carbocycles. The van der Waals surface area contributed by atoms with Crippen LogP contribution >= 0.6 is 0 Å². The minimum absolute atomic E-state index is 0.0112. The lowest BCUT2D eigenvalue weighted by molar-refractivity contribution is -0.114. The maximum Gasteiger partial charge on any atom is 0.253 e. The molecule has 138 valence electrons. The maximum absolute atomic E-state index is 12.5. The zero-order valence-electron chi connectivity index (χ0n) is 14.9. The fourth-order valence-electron chi connectivity index (χ4n) is 2.49. The summed E-state index contributed by atoms with van der Waals surface area (Å²) in [6.07, 6.45) is 0. The Kier molecular flexibility index (Phi) is 5.84. The lowest BCUT2D eigenvalue weighted by Gasteiger charge is -2.12. The van der Waals surface area contributed by atoms with Gasteiger partial charge in [-0.1, -0.05) is 47.6 Å². The average molecular weight is 364 g/mol. The number of para-hydroxylation sites is 1. The first-order valence-corrected chi connectivity index (χ1v) is 8.50. The van der Waals surface area contributed by atoms with Crippen molar-refractivity contribution in [2.45, 2.75) is 13.5 Å². The number of carbonyl (C=O) groups is 2. The summed E-state index contributed by atoms with van der Waals surface area (Å²) in [4.78, 5) is 24.5. The van der Waals surface area contributed by atoms with E-state index in [1.54, 1.807) is 37.3 Å². The summed E-state index contributed by atoms with van der Waals surface area (Å²) >= 11 is 0. The molecule has 2 amide bonds. The fourth-order valence-corrected chi connectivity index (χ4v) is 2.49. The number of aromatic nitrogens is 1. The van der Waals surface area contributed by atoms with E-state index in [1.165, 1.54) is 0 Å². The summed E-state index contributed by atoms with van der Waals surface area (Å²) < 4.78 is 4.95. The van der Waals surface area contributed by atoms with Crippen molar-refractivity contribution in [3.8, 4) is 0 Å². The number of rotatable bonds is 7. The fraction of sp³-hybridized carbons (Fsp3) is 0.150. The van der Waals surface area contributed by atoms with Gasteiger partial charge in [0.1, 0.15) is 0 Å². The third kappa shape index (κ3) is 5.18. The number of hydrogen-bond donors (Lipinski definition) is 3. The molecule has 7 heteroatoms. The van der Waals surface area contributed by atoms with Crippen LogP contribution in [0.3, 0.4) is 0 Å². The van der Waals surface area contributed by atoms with Crippen molar-refractivity contribution in [1.82, 2.24) is 10.5 Å². The lowest BCUT2D eigenvalue weighted by atomic mass is 10.1. The molecular weight excluding hydrogens is 344 g/mol. The molecule has 0 fully saturated rings. The Bertz CT molecular complexity index is 922. The molecule has 0 saturated heterocycles. The minimum Gasteiger partial charge on any atom is -0.375 e. The summed E-state index contributed by atoms with van der Waals surface area (Å²) in [5.41, 5.74) is 2.74. The second kappa shape index (κ2) is 8.66. The van der Waals surface area contributed by atoms with E-state index in [4.69, 9.17) is 4.52 Å². The van der Waals surface area contributed by atoms with E-state index in [9.17, 15) is 9.59 Å². The van der Waals surface area contributed by atoms with Gasteiger partial charge in [0, 0.05) is 18.3 Å². The van der Waals surface area contributed by atoms with E-state index < -0.39 is 0 Å². The average Bonchev–Trinajstić information content (AvgIpc) is 3.10. The molecule has 3 aromatic rings. The summed E-state index contributed by atoms with van der Waals surface area (Å²) in [6, 6.07) is 18.3. The number of anilines is 2. The SMILES string of the molecule is Cc1cc(NC(=O)CNc2ccccc2C(=O)NCc2ccccc2)on1. The minimum atomic E-state index is -0.300. The lowest BCUT2D eigenvalue weighted by Crippen LogP contribution is -2.26. The first-order valence-electron chi connectivity index (χ1n) is 8.50. The van der Waals surface area contributed by atoms with Gasteiger partial charge in [0.2, 0.25) is 11.8 Å². The van der Waals surface area contributed by atoms with Crippen LogP contribution in [-0.2, 0) is 11.3 Å². The standard InChI is InChI=1S/C20H20N4O3/c1-14-11-19(27-24-14)23-18(25)13-21-17-10-6-5-9-16(17)20(26)22-12-15-7-3-2-4-8-15/h2-11,21H,12-13H2,1H3,(H,22,26)(H,23,25). The van der Waals surface area contributed by atoms with Crippen LogP contribution in [0, 0.1) is 6.92 Å². The van der Waals surface area contributed by atoms with Crippen molar-refractivity contribution >= 4 is 23.4 Å². The van der Waals surface area contributed by atoms with E-state index >= 15 is 0 Å². The molecule has 1 aromatic heterocycles. The van der Waals surface area contributed by atoms with Gasteiger partial charge < -0.3 is 15.2 Å². The normalized spacial score (nSPS) is 10.3. The van der Waals surface area contributed by atoms with Gasteiger partial charge in [0.25, 0.3) is 5.91 Å². The largest absolute Gasteiger partial charge is 0.375 e. The van der Waals surface area contributed by atoms with Crippen molar-refractivity contribution in [2.75, 3.05) is 17.2 Å². The number of aryl methyl sites for hydroxylation is 1. The zero-order valence-corrected chi connectivity index (χ0v) is 14.9. The Balaban J connectivity index is 1.58. The first-order chi connectivity index (χ1) is 13.1. The molecule has 1 heterocycles. The van der Waals surface area contributed by atoms with Crippen LogP contribution in [0.2, 0.25) is 0 Å². The molecule has 0 spiro atoms. The van der Waals surface area contributed by atoms with Crippen LogP contribution in [0.1, 0.15) is 21.6 Å². The van der Waals surface area contributed by atoms with Gasteiger partial charge in [0.15, 0.2) is 0 Å². The molecule has 7 nitrogen and oxygen atoms in total. The van der Waals surface area contributed by atoms with Gasteiger partial charge in [-0.25, -0.2) is 0 Å². The molecule has 3 N–H and O–H groups in total. The van der Waals surface area contributed by atoms with Crippen LogP contribution in [-0.4, -0.2) is 23.5 Å². The summed E-state index contributed by atoms with van der Waals surface area (Å²) in [5, 5.41) is 12.2. The number of amides is 2. The van der Waals surface area contributed by atoms with E-state index in [0.717, 1.165) is 5.56 Å². The highest BCUT2D eigenvalue weighted by molar-refractivity contribution is 6.00. The van der Waals surface area contributed by atoms with Gasteiger partial charge in [0.05, 0.1) is 17.8 Å². The van der Waals surface area contributed by atoms with Crippen LogP contribution in [0.15, 0.2) is 65.2 Å². The molecule has 0 atom stereocenters. The van der Waals surface area contributed by atoms with E-state index in [1.807, 2.05) is 30.3 Å². The first kappa shape index (κ1) is 18.2. The van der Waals surface area contributed by atoms with Gasteiger partial charge in [-0.3, -0.25) is 14.9 Å². The molecule has 0 unspecified atom stereocenters. The number of hydrogen-bond acceptors (Lipinski definition) is 5. The van der Waals surface area contributed by atoms with E-state index in [2.05, 4.69) is 21.1 Å². The Morgan fingerprint density at radius 1 is 1.04 bits per heavy atom. The van der Waals surface area contributed by atoms with Gasteiger partial charge in [-0.15, -0.1) is 0 Å². The van der Waals surface area contributed by atoms with Crippen LogP contribution in [0.5, 0.6) is 0 Å². The molecular formula is C20H20N4O3. The highest BCUT2D eigenvalue weighted by Crippen LogP contribution is 2.15. The Morgan fingerprint density at radius 3 is 2.52 bits per heavy atom. The van der Waals surface area contributed by atoms with Crippen molar-refractivity contribution in [2.24, 2.45) is 0 Å². The number of nitrogens with one attached hydrogen (secondary N) is 3. The predicted molar refractivity (Wildman–Crippen MR) is 102 cm³/mol. The van der Waals surface area contributed by atoms with E-state index in [-0.39, 0.29) is 24.2 Å². The maximum atomic E-state index is 12.5. The van der Waals surface area contributed by atoms with Crippen molar-refractivity contribution in [1.29, 1.82) is 0 Å². The Hall–Kier alpha value is -3.61. The molecule has 2 aromatic carbocycles. The summed E-state index contributed by atoms with van der Waals surface area (Å²) in [7, 11) is 0. The topological polar surface area (TPSA) is 96.3 Å². The molecule has 0 bridgehead atoms. The highest BCUT2D eigenvalue weighted by atomic mass is 16.5. The number of benzene rings is 2. The molecule has 0 aliphatic rings. The quantitative estimate of drug-likeness (QED) is 0.599. The monoisotopic (exact) mass is 364 g/mol. The van der Waals surface area contributed by atoms with Crippen molar-refractivity contribution in [3.63, 3.8) is 0 Å². The molecule has 0 aliphatic heterocycles. The molecule has 0 radical (unpaired) electrons. The summed E-state index contributed by atoms with van der Waals surface area (Å²) in [6.45, 7) is 2.18. The van der Waals surface area contributed by atoms with Crippen molar-refractivity contribution in [3.05, 3.63) is 77.5 Å². The Labute approximate surface area is 156 Å². The highest BCUT2D eigenvalue weighted by Gasteiger charge is 2.12. The van der Waals surface area contributed by atoms with Crippen LogP contribution in [0.4, 0.5) is 11.6 Å². The smallest absolute Gasteiger partial charge is 0.253 e. The molecule has 0 saturated carbocycles. The third-order valence-electron chi connectivity index (χ3n) is 3.80.